The molecule has 0 saturated carbocycles. The molecule has 0 fully saturated rings. The van der Waals surface area contributed by atoms with Gasteiger partial charge in [0, 0.05) is 13.1 Å². The third kappa shape index (κ3) is 7.33. The van der Waals surface area contributed by atoms with E-state index >= 15 is 0 Å². The molecule has 0 atom stereocenters. The minimum absolute atomic E-state index is 0. The quantitative estimate of drug-likeness (QED) is 0.288. The van der Waals surface area contributed by atoms with E-state index in [-0.39, 0.29) is 24.0 Å². The van der Waals surface area contributed by atoms with Crippen LogP contribution >= 0.6 is 24.0 Å². The molecule has 1 aromatic heterocycles. The van der Waals surface area contributed by atoms with Gasteiger partial charge in [-0.25, -0.2) is 0 Å². The van der Waals surface area contributed by atoms with Gasteiger partial charge in [0.1, 0.15) is 12.4 Å². The molecule has 0 bridgehead atoms. The molecule has 0 saturated heterocycles. The van der Waals surface area contributed by atoms with Gasteiger partial charge >= 0.3 is 0 Å². The van der Waals surface area contributed by atoms with Gasteiger partial charge in [0.2, 0.25) is 0 Å². The van der Waals surface area contributed by atoms with Gasteiger partial charge < -0.3 is 19.9 Å². The van der Waals surface area contributed by atoms with Crippen molar-refractivity contribution in [3.05, 3.63) is 47.3 Å². The number of nitrogens with one attached hydrogen (secondary N) is 2. The Morgan fingerprint density at radius 1 is 1.24 bits per heavy atom. The highest BCUT2D eigenvalue weighted by Crippen LogP contribution is 2.13. The van der Waals surface area contributed by atoms with E-state index in [0.29, 0.717) is 31.6 Å². The molecule has 0 aliphatic heterocycles. The number of benzene rings is 1. The fraction of sp³-hybridized carbons (Fsp3) is 0.444. The number of rotatable bonds is 7. The Balaban J connectivity index is 0.00000312. The second kappa shape index (κ2) is 11.0. The van der Waals surface area contributed by atoms with Crippen LogP contribution < -0.4 is 15.4 Å². The first-order valence-electron chi connectivity index (χ1n) is 8.18. The predicted octanol–water partition coefficient (Wildman–Crippen LogP) is 3.47. The molecule has 1 aromatic carbocycles. The van der Waals surface area contributed by atoms with Crippen LogP contribution in [0.15, 0.2) is 39.8 Å². The van der Waals surface area contributed by atoms with Crippen LogP contribution in [0.4, 0.5) is 0 Å². The number of aromatic nitrogens is 1. The smallest absolute Gasteiger partial charge is 0.191 e. The zero-order valence-electron chi connectivity index (χ0n) is 15.2. The van der Waals surface area contributed by atoms with E-state index in [1.165, 1.54) is 5.56 Å². The lowest BCUT2D eigenvalue weighted by atomic mass is 10.1. The van der Waals surface area contributed by atoms with Crippen molar-refractivity contribution >= 4 is 29.9 Å². The van der Waals surface area contributed by atoms with Crippen molar-refractivity contribution in [1.82, 2.24) is 15.8 Å². The number of ether oxygens (including phenoxy) is 1. The maximum atomic E-state index is 5.67. The lowest BCUT2D eigenvalue weighted by molar-refractivity contribution is 0.321. The molecule has 138 valence electrons. The number of hydrogen-bond donors (Lipinski definition) is 2. The average Bonchev–Trinajstić information content (AvgIpc) is 3.05. The zero-order chi connectivity index (χ0) is 17.4. The predicted molar refractivity (Wildman–Crippen MR) is 111 cm³/mol. The van der Waals surface area contributed by atoms with Gasteiger partial charge in [-0.05, 0) is 25.0 Å². The summed E-state index contributed by atoms with van der Waals surface area (Å²) in [6.45, 7) is 7.98. The molecule has 0 radical (unpaired) electrons. The van der Waals surface area contributed by atoms with Crippen molar-refractivity contribution in [3.8, 4) is 5.75 Å². The first kappa shape index (κ1) is 21.3. The Labute approximate surface area is 166 Å². The average molecular weight is 458 g/mol. The molecule has 6 nitrogen and oxygen atoms in total. The van der Waals surface area contributed by atoms with Gasteiger partial charge in [-0.3, -0.25) is 4.99 Å². The fourth-order valence-corrected chi connectivity index (χ4v) is 2.05. The maximum absolute atomic E-state index is 5.67. The second-order valence-corrected chi connectivity index (χ2v) is 5.89. The molecule has 1 heterocycles. The normalized spacial score (nSPS) is 11.2. The van der Waals surface area contributed by atoms with Gasteiger partial charge in [-0.1, -0.05) is 36.7 Å². The van der Waals surface area contributed by atoms with Crippen molar-refractivity contribution < 1.29 is 9.26 Å². The SMILES string of the molecule is CN=C(NCCOc1ccc(C)cc1)NCc1cc(C(C)C)no1.I. The molecule has 0 spiro atoms. The van der Waals surface area contributed by atoms with E-state index in [9.17, 15) is 0 Å². The van der Waals surface area contributed by atoms with Crippen molar-refractivity contribution in [1.29, 1.82) is 0 Å². The Hall–Kier alpha value is -1.77. The van der Waals surface area contributed by atoms with Crippen LogP contribution in [0.5, 0.6) is 5.75 Å². The highest BCUT2D eigenvalue weighted by atomic mass is 127. The monoisotopic (exact) mass is 458 g/mol. The Morgan fingerprint density at radius 3 is 2.56 bits per heavy atom. The fourth-order valence-electron chi connectivity index (χ4n) is 2.05. The van der Waals surface area contributed by atoms with E-state index in [2.05, 4.69) is 41.6 Å². The van der Waals surface area contributed by atoms with Crippen LogP contribution in [0, 0.1) is 6.92 Å². The molecule has 0 unspecified atom stereocenters. The molecule has 0 aliphatic carbocycles. The summed E-state index contributed by atoms with van der Waals surface area (Å²) in [4.78, 5) is 4.18. The molecule has 0 aliphatic rings. The van der Waals surface area contributed by atoms with E-state index in [0.717, 1.165) is 17.2 Å². The first-order chi connectivity index (χ1) is 11.6. The highest BCUT2D eigenvalue weighted by Gasteiger charge is 2.08. The summed E-state index contributed by atoms with van der Waals surface area (Å²) < 4.78 is 11.0. The molecular weight excluding hydrogens is 431 g/mol. The van der Waals surface area contributed by atoms with Crippen LogP contribution in [0.3, 0.4) is 0 Å². The third-order valence-corrected chi connectivity index (χ3v) is 3.51. The first-order valence-corrected chi connectivity index (χ1v) is 8.18. The number of guanidine groups is 1. The number of hydrogen-bond acceptors (Lipinski definition) is 4. The Morgan fingerprint density at radius 2 is 1.96 bits per heavy atom. The summed E-state index contributed by atoms with van der Waals surface area (Å²) in [6.07, 6.45) is 0. The minimum atomic E-state index is 0. The highest BCUT2D eigenvalue weighted by molar-refractivity contribution is 14.0. The number of aryl methyl sites for hydroxylation is 1. The largest absolute Gasteiger partial charge is 0.492 e. The van der Waals surface area contributed by atoms with Crippen LogP contribution in [-0.2, 0) is 6.54 Å². The van der Waals surface area contributed by atoms with E-state index in [1.54, 1.807) is 7.05 Å². The molecule has 2 aromatic rings. The second-order valence-electron chi connectivity index (χ2n) is 5.89. The van der Waals surface area contributed by atoms with Crippen molar-refractivity contribution in [2.75, 3.05) is 20.2 Å². The summed E-state index contributed by atoms with van der Waals surface area (Å²) in [6, 6.07) is 9.97. The summed E-state index contributed by atoms with van der Waals surface area (Å²) >= 11 is 0. The number of nitrogens with zero attached hydrogens (tertiary/aromatic N) is 2. The van der Waals surface area contributed by atoms with E-state index < -0.39 is 0 Å². The minimum Gasteiger partial charge on any atom is -0.492 e. The molecule has 2 N–H and O–H groups in total. The maximum Gasteiger partial charge on any atom is 0.191 e. The Kier molecular flexibility index (Phi) is 9.33. The van der Waals surface area contributed by atoms with Crippen LogP contribution in [0.25, 0.3) is 0 Å². The lowest BCUT2D eigenvalue weighted by Gasteiger charge is -2.11. The molecule has 0 amide bonds. The lowest BCUT2D eigenvalue weighted by Crippen LogP contribution is -2.38. The molecule has 2 rings (SSSR count). The van der Waals surface area contributed by atoms with Crippen molar-refractivity contribution in [3.63, 3.8) is 0 Å². The van der Waals surface area contributed by atoms with Gasteiger partial charge in [0.15, 0.2) is 11.7 Å². The summed E-state index contributed by atoms with van der Waals surface area (Å²) in [5, 5.41) is 10.4. The van der Waals surface area contributed by atoms with Crippen LogP contribution in [-0.4, -0.2) is 31.3 Å². The van der Waals surface area contributed by atoms with E-state index in [1.807, 2.05) is 30.3 Å². The number of halogens is 1. The van der Waals surface area contributed by atoms with Gasteiger partial charge in [0.05, 0.1) is 18.8 Å². The van der Waals surface area contributed by atoms with Gasteiger partial charge in [-0.2, -0.15) is 0 Å². The standard InChI is InChI=1S/C18H26N4O2.HI/c1-13(2)17-11-16(24-22-17)12-21-18(19-4)20-9-10-23-15-7-5-14(3)6-8-15;/h5-8,11,13H,9-10,12H2,1-4H3,(H2,19,20,21);1H. The number of aliphatic imine (C=N–C) groups is 1. The molecule has 25 heavy (non-hydrogen) atoms. The summed E-state index contributed by atoms with van der Waals surface area (Å²) in [5.41, 5.74) is 2.18. The van der Waals surface area contributed by atoms with Crippen molar-refractivity contribution in [2.24, 2.45) is 4.99 Å². The van der Waals surface area contributed by atoms with Gasteiger partial charge in [0.25, 0.3) is 0 Å². The topological polar surface area (TPSA) is 71.7 Å². The Bertz CT molecular complexity index is 653. The summed E-state index contributed by atoms with van der Waals surface area (Å²) in [5.74, 6) is 2.72. The van der Waals surface area contributed by atoms with Crippen LogP contribution in [0.1, 0.15) is 36.8 Å². The van der Waals surface area contributed by atoms with Crippen LogP contribution in [0.2, 0.25) is 0 Å². The molecule has 7 heteroatoms. The summed E-state index contributed by atoms with van der Waals surface area (Å²) in [7, 11) is 1.73. The zero-order valence-corrected chi connectivity index (χ0v) is 17.5. The van der Waals surface area contributed by atoms with Gasteiger partial charge in [-0.15, -0.1) is 24.0 Å². The van der Waals surface area contributed by atoms with E-state index in [4.69, 9.17) is 9.26 Å². The van der Waals surface area contributed by atoms with Crippen molar-refractivity contribution in [2.45, 2.75) is 33.2 Å². The third-order valence-electron chi connectivity index (χ3n) is 3.51. The molecular formula is C18H27IN4O2.